The van der Waals surface area contributed by atoms with Crippen molar-refractivity contribution in [3.63, 3.8) is 0 Å². The molecule has 0 saturated carbocycles. The quantitative estimate of drug-likeness (QED) is 0.841. The van der Waals surface area contributed by atoms with Crippen molar-refractivity contribution in [2.45, 2.75) is 39.2 Å². The number of aryl methyl sites for hydroxylation is 2. The first-order chi connectivity index (χ1) is 10.5. The number of piperidine rings is 1. The van der Waals surface area contributed by atoms with Crippen LogP contribution in [0.4, 0.5) is 0 Å². The molecule has 22 heavy (non-hydrogen) atoms. The molecule has 0 bridgehead atoms. The number of carbonyl (C=O) groups is 1. The third kappa shape index (κ3) is 2.36. The van der Waals surface area contributed by atoms with Gasteiger partial charge in [-0.15, -0.1) is 0 Å². The Morgan fingerprint density at radius 2 is 1.86 bits per heavy atom. The molecular weight excluding hydrogens is 278 g/mol. The van der Waals surface area contributed by atoms with E-state index in [1.165, 1.54) is 0 Å². The second-order valence-electron chi connectivity index (χ2n) is 6.29. The van der Waals surface area contributed by atoms with Crippen LogP contribution >= 0.6 is 0 Å². The van der Waals surface area contributed by atoms with Crippen molar-refractivity contribution in [1.29, 1.82) is 0 Å². The van der Waals surface area contributed by atoms with Crippen LogP contribution in [0.3, 0.4) is 0 Å². The average molecular weight is 301 g/mol. The minimum atomic E-state index is -0.690. The first kappa shape index (κ1) is 15.3. The number of allylic oxidation sites excluding steroid dienone is 1. The van der Waals surface area contributed by atoms with Gasteiger partial charge in [-0.2, -0.15) is 5.06 Å². The third-order valence-corrected chi connectivity index (χ3v) is 4.79. The highest BCUT2D eigenvalue weighted by molar-refractivity contribution is 6.27. The lowest BCUT2D eigenvalue weighted by Gasteiger charge is -2.36. The maximum Gasteiger partial charge on any atom is 0.210 e. The van der Waals surface area contributed by atoms with E-state index in [2.05, 4.69) is 18.2 Å². The molecule has 1 fully saturated rings. The number of nitrogens with zero attached hydrogens (tertiary/aromatic N) is 1. The average Bonchev–Trinajstić information content (AvgIpc) is 2.74. The van der Waals surface area contributed by atoms with Crippen molar-refractivity contribution in [2.75, 3.05) is 20.2 Å². The normalized spacial score (nSPS) is 21.5. The van der Waals surface area contributed by atoms with Crippen molar-refractivity contribution in [1.82, 2.24) is 5.06 Å². The van der Waals surface area contributed by atoms with Gasteiger partial charge < -0.3 is 9.57 Å². The van der Waals surface area contributed by atoms with Crippen molar-refractivity contribution in [3.8, 4) is 0 Å². The molecule has 1 aromatic carbocycles. The Morgan fingerprint density at radius 1 is 1.18 bits per heavy atom. The zero-order valence-electron chi connectivity index (χ0n) is 13.7. The van der Waals surface area contributed by atoms with E-state index in [0.717, 1.165) is 41.1 Å². The Bertz CT molecular complexity index is 640. The van der Waals surface area contributed by atoms with E-state index in [1.807, 2.05) is 25.8 Å². The van der Waals surface area contributed by atoms with E-state index >= 15 is 0 Å². The third-order valence-electron chi connectivity index (χ3n) is 4.79. The molecule has 0 aromatic heterocycles. The molecule has 1 aromatic rings. The van der Waals surface area contributed by atoms with Gasteiger partial charge in [-0.25, -0.2) is 0 Å². The van der Waals surface area contributed by atoms with E-state index in [4.69, 9.17) is 9.57 Å². The number of ketones is 1. The standard InChI is InChI=1S/C18H23NO3/c1-12-5-6-13(2)15(11-12)16-14(3)22-18(17(16)20)7-9-19(21-4)10-8-18/h5-6,11H,7-10H2,1-4H3. The van der Waals surface area contributed by atoms with Crippen molar-refractivity contribution < 1.29 is 14.4 Å². The summed E-state index contributed by atoms with van der Waals surface area (Å²) in [6, 6.07) is 6.22. The minimum absolute atomic E-state index is 0.134. The fraction of sp³-hybridized carbons (Fsp3) is 0.500. The second kappa shape index (κ2) is 5.52. The molecule has 3 rings (SSSR count). The van der Waals surface area contributed by atoms with Crippen LogP contribution in [-0.2, 0) is 14.4 Å². The Balaban J connectivity index is 1.93. The van der Waals surface area contributed by atoms with E-state index in [9.17, 15) is 4.79 Å². The molecule has 1 spiro atoms. The highest BCUT2D eigenvalue weighted by Crippen LogP contribution is 2.43. The summed E-state index contributed by atoms with van der Waals surface area (Å²) in [5.74, 6) is 0.888. The zero-order valence-corrected chi connectivity index (χ0v) is 13.7. The van der Waals surface area contributed by atoms with Crippen LogP contribution in [0.5, 0.6) is 0 Å². The maximum absolute atomic E-state index is 13.1. The number of Topliss-reactive ketones (excluding diaryl/α,β-unsaturated/α-hetero) is 1. The highest BCUT2D eigenvalue weighted by Gasteiger charge is 2.50. The lowest BCUT2D eigenvalue weighted by Crippen LogP contribution is -2.48. The molecule has 2 aliphatic rings. The Kier molecular flexibility index (Phi) is 3.83. The molecular formula is C18H23NO3. The van der Waals surface area contributed by atoms with Gasteiger partial charge in [-0.1, -0.05) is 23.8 Å². The van der Waals surface area contributed by atoms with Crippen LogP contribution in [0.2, 0.25) is 0 Å². The van der Waals surface area contributed by atoms with Crippen LogP contribution in [-0.4, -0.2) is 36.6 Å². The largest absolute Gasteiger partial charge is 0.483 e. The van der Waals surface area contributed by atoms with Gasteiger partial charge in [0.2, 0.25) is 5.78 Å². The molecule has 0 amide bonds. The van der Waals surface area contributed by atoms with Crippen LogP contribution in [0.15, 0.2) is 24.0 Å². The first-order valence-electron chi connectivity index (χ1n) is 7.78. The smallest absolute Gasteiger partial charge is 0.210 e. The van der Waals surface area contributed by atoms with Gasteiger partial charge in [0.15, 0.2) is 5.60 Å². The topological polar surface area (TPSA) is 38.8 Å². The van der Waals surface area contributed by atoms with Crippen LogP contribution in [0, 0.1) is 13.8 Å². The summed E-state index contributed by atoms with van der Waals surface area (Å²) >= 11 is 0. The summed E-state index contributed by atoms with van der Waals surface area (Å²) in [5.41, 5.74) is 3.35. The van der Waals surface area contributed by atoms with Gasteiger partial charge in [-0.3, -0.25) is 4.79 Å². The number of rotatable bonds is 2. The summed E-state index contributed by atoms with van der Waals surface area (Å²) in [6.45, 7) is 7.43. The molecule has 0 unspecified atom stereocenters. The molecule has 0 N–H and O–H groups in total. The van der Waals surface area contributed by atoms with E-state index < -0.39 is 5.60 Å². The summed E-state index contributed by atoms with van der Waals surface area (Å²) < 4.78 is 6.10. The van der Waals surface area contributed by atoms with Crippen LogP contribution in [0.25, 0.3) is 5.57 Å². The van der Waals surface area contributed by atoms with Gasteiger partial charge in [0.1, 0.15) is 5.76 Å². The van der Waals surface area contributed by atoms with Crippen LogP contribution < -0.4 is 0 Å². The maximum atomic E-state index is 13.1. The van der Waals surface area contributed by atoms with Crippen LogP contribution in [0.1, 0.15) is 36.5 Å². The number of benzene rings is 1. The Labute approximate surface area is 131 Å². The van der Waals surface area contributed by atoms with Crippen molar-refractivity contribution in [2.24, 2.45) is 0 Å². The fourth-order valence-corrected chi connectivity index (χ4v) is 3.45. The molecule has 2 aliphatic heterocycles. The van der Waals surface area contributed by atoms with Crippen molar-refractivity contribution >= 4 is 11.4 Å². The predicted octanol–water partition coefficient (Wildman–Crippen LogP) is 3.03. The van der Waals surface area contributed by atoms with Gasteiger partial charge in [0.25, 0.3) is 0 Å². The first-order valence-corrected chi connectivity index (χ1v) is 7.78. The molecule has 2 heterocycles. The summed E-state index contributed by atoms with van der Waals surface area (Å²) in [4.78, 5) is 18.4. The van der Waals surface area contributed by atoms with E-state index in [1.54, 1.807) is 7.11 Å². The van der Waals surface area contributed by atoms with Gasteiger partial charge in [0, 0.05) is 25.9 Å². The van der Waals surface area contributed by atoms with Gasteiger partial charge in [0.05, 0.1) is 12.7 Å². The molecule has 0 atom stereocenters. The minimum Gasteiger partial charge on any atom is -0.483 e. The monoisotopic (exact) mass is 301 g/mol. The molecule has 1 saturated heterocycles. The van der Waals surface area contributed by atoms with E-state index in [0.29, 0.717) is 12.8 Å². The summed E-state index contributed by atoms with van der Waals surface area (Å²) in [6.07, 6.45) is 1.34. The molecule has 0 radical (unpaired) electrons. The molecule has 4 heteroatoms. The second-order valence-corrected chi connectivity index (χ2v) is 6.29. The lowest BCUT2D eigenvalue weighted by atomic mass is 9.83. The molecule has 0 aliphatic carbocycles. The zero-order chi connectivity index (χ0) is 15.9. The highest BCUT2D eigenvalue weighted by atomic mass is 16.7. The molecule has 118 valence electrons. The SMILES string of the molecule is CON1CCC2(CC1)OC(C)=C(c1cc(C)ccc1C)C2=O. The summed E-state index contributed by atoms with van der Waals surface area (Å²) in [7, 11) is 1.67. The molecule has 4 nitrogen and oxygen atoms in total. The fourth-order valence-electron chi connectivity index (χ4n) is 3.45. The van der Waals surface area contributed by atoms with E-state index in [-0.39, 0.29) is 5.78 Å². The van der Waals surface area contributed by atoms with Crippen molar-refractivity contribution in [3.05, 3.63) is 40.6 Å². The number of hydrogen-bond acceptors (Lipinski definition) is 4. The number of hydrogen-bond donors (Lipinski definition) is 0. The Hall–Kier alpha value is -1.65. The number of ether oxygens (including phenoxy) is 1. The van der Waals surface area contributed by atoms with Gasteiger partial charge in [-0.05, 0) is 31.9 Å². The predicted molar refractivity (Wildman–Crippen MR) is 85.1 cm³/mol. The Morgan fingerprint density at radius 3 is 2.50 bits per heavy atom. The van der Waals surface area contributed by atoms with Gasteiger partial charge >= 0.3 is 0 Å². The number of carbonyl (C=O) groups excluding carboxylic acids is 1. The lowest BCUT2D eigenvalue weighted by molar-refractivity contribution is -0.176. The summed E-state index contributed by atoms with van der Waals surface area (Å²) in [5, 5.41) is 1.88. The number of hydroxylamine groups is 2.